The molecule has 0 saturated carbocycles. The molecule has 2 aromatic rings. The molecule has 0 saturated heterocycles. The molecule has 0 aromatic heterocycles. The number of fused-ring (bicyclic) bond motifs is 3. The average Bonchev–Trinajstić information content (AvgIpc) is 3.17. The van der Waals surface area contributed by atoms with Gasteiger partial charge in [-0.2, -0.15) is 0 Å². The van der Waals surface area contributed by atoms with E-state index in [1.807, 2.05) is 25.1 Å². The Hall–Kier alpha value is -2.95. The number of unbranched alkanes of at least 4 members (excludes halogenated alkanes) is 1. The molecule has 0 bridgehead atoms. The molecule has 2 aromatic carbocycles. The topological polar surface area (TPSA) is 72.5 Å². The quantitative estimate of drug-likeness (QED) is 0.293. The Morgan fingerprint density at radius 1 is 0.941 bits per heavy atom. The molecule has 0 aliphatic heterocycles. The van der Waals surface area contributed by atoms with E-state index in [1.54, 1.807) is 6.92 Å². The van der Waals surface area contributed by atoms with E-state index in [9.17, 15) is 14.4 Å². The zero-order chi connectivity index (χ0) is 24.5. The summed E-state index contributed by atoms with van der Waals surface area (Å²) in [4.78, 5) is 36.9. The highest BCUT2D eigenvalue weighted by Crippen LogP contribution is 2.47. The minimum absolute atomic E-state index is 0.0905. The predicted octanol–water partition coefficient (Wildman–Crippen LogP) is 5.97. The molecule has 1 aliphatic carbocycles. The highest BCUT2D eigenvalue weighted by molar-refractivity contribution is 6.04. The molecule has 0 fully saturated rings. The lowest BCUT2D eigenvalue weighted by Gasteiger charge is -2.15. The van der Waals surface area contributed by atoms with Crippen molar-refractivity contribution in [1.82, 2.24) is 5.32 Å². The number of esters is 1. The maximum absolute atomic E-state index is 13.0. The summed E-state index contributed by atoms with van der Waals surface area (Å²) in [6, 6.07) is 12.3. The number of benzene rings is 2. The highest BCUT2D eigenvalue weighted by Gasteiger charge is 2.32. The van der Waals surface area contributed by atoms with Crippen molar-refractivity contribution in [3.8, 4) is 11.1 Å². The van der Waals surface area contributed by atoms with Crippen LogP contribution in [0, 0.1) is 0 Å². The van der Waals surface area contributed by atoms with Gasteiger partial charge >= 0.3 is 5.97 Å². The predicted molar refractivity (Wildman–Crippen MR) is 135 cm³/mol. The van der Waals surface area contributed by atoms with Crippen molar-refractivity contribution in [2.45, 2.75) is 78.1 Å². The summed E-state index contributed by atoms with van der Waals surface area (Å²) in [7, 11) is 0. The number of carbonyl (C=O) groups excluding carboxylic acids is 3. The maximum Gasteiger partial charge on any atom is 0.305 e. The summed E-state index contributed by atoms with van der Waals surface area (Å²) >= 11 is 0. The number of ketones is 1. The molecule has 0 heterocycles. The van der Waals surface area contributed by atoms with Crippen LogP contribution in [-0.2, 0) is 20.7 Å². The second kappa shape index (κ2) is 12.5. The molecule has 34 heavy (non-hydrogen) atoms. The van der Waals surface area contributed by atoms with Gasteiger partial charge in [-0.1, -0.05) is 63.6 Å². The molecule has 1 unspecified atom stereocenters. The first-order chi connectivity index (χ1) is 16.5. The second-order valence-electron chi connectivity index (χ2n) is 9.01. The number of carbonyl (C=O) groups is 3. The van der Waals surface area contributed by atoms with Crippen molar-refractivity contribution in [1.29, 1.82) is 0 Å². The van der Waals surface area contributed by atoms with E-state index < -0.39 is 0 Å². The number of ether oxygens (including phenoxy) is 1. The Bertz CT molecular complexity index is 1030. The molecule has 182 valence electrons. The number of hydrogen-bond acceptors (Lipinski definition) is 4. The van der Waals surface area contributed by atoms with Gasteiger partial charge < -0.3 is 10.1 Å². The van der Waals surface area contributed by atoms with Crippen molar-refractivity contribution in [3.05, 3.63) is 58.7 Å². The van der Waals surface area contributed by atoms with Gasteiger partial charge in [-0.25, -0.2) is 0 Å². The van der Waals surface area contributed by atoms with Crippen molar-refractivity contribution in [3.63, 3.8) is 0 Å². The van der Waals surface area contributed by atoms with Crippen molar-refractivity contribution < 1.29 is 19.1 Å². The molecule has 0 radical (unpaired) electrons. The van der Waals surface area contributed by atoms with Gasteiger partial charge in [-0.3, -0.25) is 14.4 Å². The number of hydrogen-bond donors (Lipinski definition) is 1. The summed E-state index contributed by atoms with van der Waals surface area (Å²) in [5.74, 6) is -0.0559. The Morgan fingerprint density at radius 3 is 2.50 bits per heavy atom. The lowest BCUT2D eigenvalue weighted by Crippen LogP contribution is -2.23. The van der Waals surface area contributed by atoms with Crippen LogP contribution in [0.25, 0.3) is 11.1 Å². The summed E-state index contributed by atoms with van der Waals surface area (Å²) in [5, 5.41) is 2.92. The fraction of sp³-hybridized carbons (Fsp3) is 0.483. The van der Waals surface area contributed by atoms with Crippen LogP contribution in [-0.4, -0.2) is 30.8 Å². The summed E-state index contributed by atoms with van der Waals surface area (Å²) in [6.07, 6.45) is 5.74. The lowest BCUT2D eigenvalue weighted by atomic mass is 9.93. The molecule has 1 aliphatic rings. The first-order valence-electron chi connectivity index (χ1n) is 12.7. The highest BCUT2D eigenvalue weighted by atomic mass is 16.5. The Morgan fingerprint density at radius 2 is 1.76 bits per heavy atom. The summed E-state index contributed by atoms with van der Waals surface area (Å²) in [6.45, 7) is 6.90. The van der Waals surface area contributed by atoms with Crippen LogP contribution in [0.5, 0.6) is 0 Å². The average molecular weight is 464 g/mol. The van der Waals surface area contributed by atoms with Gasteiger partial charge in [0, 0.05) is 37.3 Å². The van der Waals surface area contributed by atoms with Gasteiger partial charge in [-0.15, -0.1) is 0 Å². The van der Waals surface area contributed by atoms with Crippen molar-refractivity contribution in [2.75, 3.05) is 13.2 Å². The first-order valence-corrected chi connectivity index (χ1v) is 12.7. The monoisotopic (exact) mass is 463 g/mol. The minimum atomic E-state index is -0.223. The van der Waals surface area contributed by atoms with Crippen LogP contribution in [0.2, 0.25) is 0 Å². The van der Waals surface area contributed by atoms with Gasteiger partial charge in [0.1, 0.15) is 6.61 Å². The Labute approximate surface area is 203 Å². The van der Waals surface area contributed by atoms with Gasteiger partial charge in [0.05, 0.1) is 0 Å². The fourth-order valence-electron chi connectivity index (χ4n) is 4.58. The molecule has 3 rings (SSSR count). The molecule has 1 N–H and O–H groups in total. The fourth-order valence-corrected chi connectivity index (χ4v) is 4.58. The smallest absolute Gasteiger partial charge is 0.305 e. The lowest BCUT2D eigenvalue weighted by molar-refractivity contribution is -0.143. The molecule has 5 heteroatoms. The molecular weight excluding hydrogens is 426 g/mol. The SMILES string of the molecule is CCCCC(=O)c1cccc2c1-c1ccc(CCCC(=O)NCCC)cc1C2COC(=O)CC. The molecule has 1 amide bonds. The molecule has 0 spiro atoms. The maximum atomic E-state index is 13.0. The zero-order valence-corrected chi connectivity index (χ0v) is 20.7. The minimum Gasteiger partial charge on any atom is -0.465 e. The standard InChI is InChI=1S/C29H37NO4/c1-4-7-13-26(31)23-12-9-11-21-25(19-34-28(33)6-3)24-18-20(15-16-22(24)29(21)23)10-8-14-27(32)30-17-5-2/h9,11-12,15-16,18,25H,4-8,10,13-14,17,19H2,1-3H3,(H,30,32). The van der Waals surface area contributed by atoms with Crippen molar-refractivity contribution in [2.24, 2.45) is 0 Å². The van der Waals surface area contributed by atoms with E-state index in [0.717, 1.165) is 65.5 Å². The molecule has 1 atom stereocenters. The van der Waals surface area contributed by atoms with Crippen LogP contribution in [0.3, 0.4) is 0 Å². The zero-order valence-electron chi connectivity index (χ0n) is 20.7. The van der Waals surface area contributed by atoms with E-state index in [-0.39, 0.29) is 30.2 Å². The second-order valence-corrected chi connectivity index (χ2v) is 9.01. The normalized spacial score (nSPS) is 13.8. The van der Waals surface area contributed by atoms with Crippen molar-refractivity contribution >= 4 is 17.7 Å². The summed E-state index contributed by atoms with van der Waals surface area (Å²) in [5.41, 5.74) is 6.11. The third kappa shape index (κ3) is 6.13. The third-order valence-electron chi connectivity index (χ3n) is 6.43. The summed E-state index contributed by atoms with van der Waals surface area (Å²) < 4.78 is 5.57. The van der Waals surface area contributed by atoms with Gasteiger partial charge in [0.2, 0.25) is 5.91 Å². The van der Waals surface area contributed by atoms with Crippen LogP contribution in [0.1, 0.15) is 98.7 Å². The van der Waals surface area contributed by atoms with Crippen LogP contribution >= 0.6 is 0 Å². The van der Waals surface area contributed by atoms with E-state index in [1.165, 1.54) is 0 Å². The molecule has 5 nitrogen and oxygen atoms in total. The number of rotatable bonds is 13. The van der Waals surface area contributed by atoms with E-state index in [0.29, 0.717) is 25.8 Å². The van der Waals surface area contributed by atoms with Crippen LogP contribution in [0.4, 0.5) is 0 Å². The van der Waals surface area contributed by atoms with Gasteiger partial charge in [0.25, 0.3) is 0 Å². The van der Waals surface area contributed by atoms with Crippen LogP contribution in [0.15, 0.2) is 36.4 Å². The number of nitrogens with one attached hydrogen (secondary N) is 1. The van der Waals surface area contributed by atoms with Gasteiger partial charge in [-0.05, 0) is 53.5 Å². The largest absolute Gasteiger partial charge is 0.465 e. The first kappa shape index (κ1) is 25.7. The number of Topliss-reactive ketones (excluding diaryl/α,β-unsaturated/α-hetero) is 1. The van der Waals surface area contributed by atoms with Gasteiger partial charge in [0.15, 0.2) is 5.78 Å². The number of aryl methyl sites for hydroxylation is 1. The Kier molecular flexibility index (Phi) is 9.43. The van der Waals surface area contributed by atoms with E-state index in [2.05, 4.69) is 30.4 Å². The third-order valence-corrected chi connectivity index (χ3v) is 6.43. The number of amides is 1. The van der Waals surface area contributed by atoms with E-state index >= 15 is 0 Å². The molecular formula is C29H37NO4. The van der Waals surface area contributed by atoms with Crippen LogP contribution < -0.4 is 5.32 Å². The Balaban J connectivity index is 1.88. The van der Waals surface area contributed by atoms with E-state index in [4.69, 9.17) is 4.74 Å².